The van der Waals surface area contributed by atoms with Crippen molar-refractivity contribution in [1.29, 1.82) is 0 Å². The number of carbonyl (C=O) groups excluding carboxylic acids is 1. The van der Waals surface area contributed by atoms with Gasteiger partial charge in [0.25, 0.3) is 0 Å². The minimum Gasteiger partial charge on any atom is -0.448 e. The smallest absolute Gasteiger partial charge is 0.407 e. The number of hydrogen-bond donors (Lipinski definition) is 2. The third kappa shape index (κ3) is 3.79. The Morgan fingerprint density at radius 2 is 2.18 bits per heavy atom. The minimum atomic E-state index is -0.296. The normalized spacial score (nSPS) is 21.6. The average molecular weight is 160 g/mol. The molecule has 0 saturated carbocycles. The molecule has 64 valence electrons. The molecule has 0 aliphatic carbocycles. The van der Waals surface area contributed by atoms with Crippen molar-refractivity contribution in [2.75, 3.05) is 26.3 Å². The number of ether oxygens (including phenoxy) is 1. The second-order valence-corrected chi connectivity index (χ2v) is 2.16. The molecule has 0 bridgehead atoms. The molecule has 2 aliphatic rings. The van der Waals surface area contributed by atoms with Crippen molar-refractivity contribution < 1.29 is 14.4 Å². The van der Waals surface area contributed by atoms with E-state index in [1.165, 1.54) is 6.42 Å². The third-order valence-corrected chi connectivity index (χ3v) is 1.23. The Morgan fingerprint density at radius 1 is 1.27 bits per heavy atom. The van der Waals surface area contributed by atoms with Crippen molar-refractivity contribution in [2.24, 2.45) is 0 Å². The molecule has 11 heavy (non-hydrogen) atoms. The van der Waals surface area contributed by atoms with Gasteiger partial charge in [0, 0.05) is 6.54 Å². The number of cyclic esters (lactones) is 1. The first-order chi connectivity index (χ1) is 5.39. The van der Waals surface area contributed by atoms with Crippen LogP contribution in [0.2, 0.25) is 0 Å². The van der Waals surface area contributed by atoms with Crippen LogP contribution in [-0.2, 0) is 9.57 Å². The largest absolute Gasteiger partial charge is 0.448 e. The second-order valence-electron chi connectivity index (χ2n) is 2.16. The lowest BCUT2D eigenvalue weighted by Gasteiger charge is -1.80. The van der Waals surface area contributed by atoms with E-state index in [9.17, 15) is 4.79 Å². The van der Waals surface area contributed by atoms with E-state index in [1.54, 1.807) is 0 Å². The lowest BCUT2D eigenvalue weighted by molar-refractivity contribution is 0.103. The van der Waals surface area contributed by atoms with Gasteiger partial charge in [0.15, 0.2) is 0 Å². The molecule has 1 amide bonds. The maximum Gasteiger partial charge on any atom is 0.407 e. The summed E-state index contributed by atoms with van der Waals surface area (Å²) in [7, 11) is 0. The first-order valence-electron chi connectivity index (χ1n) is 3.65. The summed E-state index contributed by atoms with van der Waals surface area (Å²) >= 11 is 0. The van der Waals surface area contributed by atoms with Gasteiger partial charge in [0.05, 0.1) is 13.2 Å². The van der Waals surface area contributed by atoms with Crippen molar-refractivity contribution in [3.8, 4) is 0 Å². The molecule has 0 radical (unpaired) electrons. The van der Waals surface area contributed by atoms with E-state index in [4.69, 9.17) is 4.84 Å². The number of carbonyl (C=O) groups is 1. The van der Waals surface area contributed by atoms with Gasteiger partial charge in [-0.05, 0) is 6.42 Å². The summed E-state index contributed by atoms with van der Waals surface area (Å²) in [6.45, 7) is 3.11. The topological polar surface area (TPSA) is 59.6 Å². The van der Waals surface area contributed by atoms with Crippen LogP contribution in [0.5, 0.6) is 0 Å². The van der Waals surface area contributed by atoms with Crippen LogP contribution in [0.15, 0.2) is 0 Å². The van der Waals surface area contributed by atoms with E-state index in [0.29, 0.717) is 13.2 Å². The van der Waals surface area contributed by atoms with Crippen molar-refractivity contribution in [2.45, 2.75) is 6.42 Å². The zero-order chi connectivity index (χ0) is 7.94. The highest BCUT2D eigenvalue weighted by Crippen LogP contribution is 1.83. The highest BCUT2D eigenvalue weighted by atomic mass is 16.6. The molecule has 0 aromatic heterocycles. The summed E-state index contributed by atoms with van der Waals surface area (Å²) in [6, 6.07) is 0. The number of rotatable bonds is 0. The SMILES string of the molecule is C1CNOC1.O=C1NCCO1. The van der Waals surface area contributed by atoms with E-state index in [0.717, 1.165) is 13.2 Å². The standard InChI is InChI=1S/C3H5NO2.C3H7NO/c5-3-4-1-2-6-3;1-2-4-5-3-1/h1-2H2,(H,4,5);4H,1-3H2. The Hall–Kier alpha value is -0.810. The Bertz CT molecular complexity index is 109. The Morgan fingerprint density at radius 3 is 2.36 bits per heavy atom. The molecule has 2 heterocycles. The zero-order valence-corrected chi connectivity index (χ0v) is 6.26. The molecule has 2 aliphatic heterocycles. The maximum absolute atomic E-state index is 9.91. The van der Waals surface area contributed by atoms with E-state index in [-0.39, 0.29) is 6.09 Å². The highest BCUT2D eigenvalue weighted by Gasteiger charge is 2.06. The molecular formula is C6H12N2O3. The summed E-state index contributed by atoms with van der Waals surface area (Å²) in [6.07, 6.45) is 0.870. The van der Waals surface area contributed by atoms with Crippen molar-refractivity contribution in [3.63, 3.8) is 0 Å². The number of hydrogen-bond acceptors (Lipinski definition) is 4. The Kier molecular flexibility index (Phi) is 3.71. The van der Waals surface area contributed by atoms with Crippen LogP contribution in [0.4, 0.5) is 4.79 Å². The van der Waals surface area contributed by atoms with Crippen molar-refractivity contribution in [1.82, 2.24) is 10.8 Å². The van der Waals surface area contributed by atoms with Crippen LogP contribution in [0.3, 0.4) is 0 Å². The van der Waals surface area contributed by atoms with Crippen molar-refractivity contribution >= 4 is 6.09 Å². The minimum absolute atomic E-state index is 0.296. The first kappa shape index (κ1) is 8.29. The highest BCUT2D eigenvalue weighted by molar-refractivity contribution is 5.68. The molecule has 0 spiro atoms. The van der Waals surface area contributed by atoms with Crippen LogP contribution < -0.4 is 10.8 Å². The number of alkyl carbamates (subject to hydrolysis) is 1. The van der Waals surface area contributed by atoms with Gasteiger partial charge in [-0.25, -0.2) is 10.3 Å². The number of hydroxylamine groups is 1. The quantitative estimate of drug-likeness (QED) is 0.508. The number of amides is 1. The molecule has 0 atom stereocenters. The zero-order valence-electron chi connectivity index (χ0n) is 6.26. The summed E-state index contributed by atoms with van der Waals surface area (Å²) in [5.74, 6) is 0. The lowest BCUT2D eigenvalue weighted by Crippen LogP contribution is -2.11. The van der Waals surface area contributed by atoms with Gasteiger partial charge < -0.3 is 14.9 Å². The van der Waals surface area contributed by atoms with Crippen LogP contribution in [-0.4, -0.2) is 32.4 Å². The first-order valence-corrected chi connectivity index (χ1v) is 3.65. The molecule has 0 aromatic rings. The maximum atomic E-state index is 9.91. The fourth-order valence-corrected chi connectivity index (χ4v) is 0.709. The molecule has 2 saturated heterocycles. The van der Waals surface area contributed by atoms with Gasteiger partial charge in [-0.15, -0.1) is 0 Å². The molecule has 2 rings (SSSR count). The molecule has 5 nitrogen and oxygen atoms in total. The van der Waals surface area contributed by atoms with Crippen LogP contribution in [0.1, 0.15) is 6.42 Å². The predicted octanol–water partition coefficient (Wildman–Crippen LogP) is -0.362. The van der Waals surface area contributed by atoms with E-state index >= 15 is 0 Å². The molecule has 0 aromatic carbocycles. The Balaban J connectivity index is 0.000000112. The van der Waals surface area contributed by atoms with Crippen LogP contribution >= 0.6 is 0 Å². The van der Waals surface area contributed by atoms with E-state index in [1.807, 2.05) is 0 Å². The van der Waals surface area contributed by atoms with E-state index in [2.05, 4.69) is 15.5 Å². The fourth-order valence-electron chi connectivity index (χ4n) is 0.709. The van der Waals surface area contributed by atoms with Crippen LogP contribution in [0.25, 0.3) is 0 Å². The number of nitrogens with one attached hydrogen (secondary N) is 2. The van der Waals surface area contributed by atoms with Gasteiger partial charge in [-0.1, -0.05) is 0 Å². The third-order valence-electron chi connectivity index (χ3n) is 1.23. The fraction of sp³-hybridized carbons (Fsp3) is 0.833. The molecule has 5 heteroatoms. The van der Waals surface area contributed by atoms with Gasteiger partial charge in [0.1, 0.15) is 6.61 Å². The molecular weight excluding hydrogens is 148 g/mol. The molecule has 2 fully saturated rings. The van der Waals surface area contributed by atoms with Gasteiger partial charge in [-0.3, -0.25) is 0 Å². The summed E-state index contributed by atoms with van der Waals surface area (Å²) in [5, 5.41) is 2.46. The Labute approximate surface area is 65.0 Å². The summed E-state index contributed by atoms with van der Waals surface area (Å²) < 4.78 is 4.40. The molecule has 2 N–H and O–H groups in total. The monoisotopic (exact) mass is 160 g/mol. The summed E-state index contributed by atoms with van der Waals surface area (Å²) in [5.41, 5.74) is 2.72. The lowest BCUT2D eigenvalue weighted by atomic mass is 10.5. The predicted molar refractivity (Wildman–Crippen MR) is 37.9 cm³/mol. The van der Waals surface area contributed by atoms with Crippen LogP contribution in [0, 0.1) is 0 Å². The average Bonchev–Trinajstić information content (AvgIpc) is 2.57. The summed E-state index contributed by atoms with van der Waals surface area (Å²) in [4.78, 5) is 14.6. The van der Waals surface area contributed by atoms with Gasteiger partial charge in [-0.2, -0.15) is 0 Å². The van der Waals surface area contributed by atoms with Gasteiger partial charge in [0.2, 0.25) is 0 Å². The molecule has 0 unspecified atom stereocenters. The van der Waals surface area contributed by atoms with E-state index < -0.39 is 0 Å². The van der Waals surface area contributed by atoms with Crippen molar-refractivity contribution in [3.05, 3.63) is 0 Å². The second kappa shape index (κ2) is 4.92. The van der Waals surface area contributed by atoms with Gasteiger partial charge >= 0.3 is 6.09 Å².